The van der Waals surface area contributed by atoms with Crippen LogP contribution in [0, 0.1) is 6.92 Å². The summed E-state index contributed by atoms with van der Waals surface area (Å²) in [7, 11) is -3.83. The number of nitrogens with two attached hydrogens (primary N) is 1. The Kier molecular flexibility index (Phi) is 4.88. The third kappa shape index (κ3) is 3.99. The first kappa shape index (κ1) is 17.8. The molecule has 0 fully saturated rings. The lowest BCUT2D eigenvalue weighted by atomic mass is 9.98. The van der Waals surface area contributed by atoms with E-state index in [1.54, 1.807) is 18.2 Å². The number of hydrogen-bond acceptors (Lipinski definition) is 3. The molecule has 0 aromatic heterocycles. The lowest BCUT2D eigenvalue weighted by Gasteiger charge is -2.11. The molecular weight excluding hydrogens is 348 g/mol. The Hall–Kier alpha value is -2.96. The van der Waals surface area contributed by atoms with Crippen LogP contribution in [-0.4, -0.2) is 14.3 Å². The second-order valence-corrected chi connectivity index (χ2v) is 7.50. The fourth-order valence-corrected chi connectivity index (χ4v) is 3.17. The normalized spacial score (nSPS) is 11.2. The number of carbonyl (C=O) groups excluding carboxylic acids is 1. The van der Waals surface area contributed by atoms with E-state index in [1.807, 2.05) is 43.3 Å². The van der Waals surface area contributed by atoms with Crippen LogP contribution in [0.1, 0.15) is 15.9 Å². The van der Waals surface area contributed by atoms with Gasteiger partial charge in [-0.3, -0.25) is 4.79 Å². The Morgan fingerprint density at radius 3 is 2.31 bits per heavy atom. The Bertz CT molecular complexity index is 1060. The van der Waals surface area contributed by atoms with Crippen LogP contribution in [0.4, 0.5) is 5.69 Å². The van der Waals surface area contributed by atoms with Crippen LogP contribution in [-0.2, 0) is 10.0 Å². The van der Waals surface area contributed by atoms with Gasteiger partial charge in [0, 0.05) is 11.3 Å². The number of amides is 1. The van der Waals surface area contributed by atoms with E-state index in [4.69, 9.17) is 5.14 Å². The summed E-state index contributed by atoms with van der Waals surface area (Å²) in [5.41, 5.74) is 3.72. The third-order valence-corrected chi connectivity index (χ3v) is 4.87. The van der Waals surface area contributed by atoms with E-state index in [0.29, 0.717) is 11.3 Å². The summed E-state index contributed by atoms with van der Waals surface area (Å²) in [5.74, 6) is -0.326. The highest BCUT2D eigenvalue weighted by Crippen LogP contribution is 2.25. The maximum Gasteiger partial charge on any atom is 0.256 e. The van der Waals surface area contributed by atoms with Crippen molar-refractivity contribution in [3.63, 3.8) is 0 Å². The molecule has 0 aliphatic rings. The van der Waals surface area contributed by atoms with Crippen molar-refractivity contribution in [3.05, 3.63) is 83.9 Å². The zero-order valence-corrected chi connectivity index (χ0v) is 15.0. The van der Waals surface area contributed by atoms with Gasteiger partial charge in [0.25, 0.3) is 5.91 Å². The zero-order valence-electron chi connectivity index (χ0n) is 14.1. The molecule has 3 aromatic rings. The number of sulfonamides is 1. The molecular formula is C20H18N2O3S. The Balaban J connectivity index is 1.93. The third-order valence-electron chi connectivity index (χ3n) is 3.95. The zero-order chi connectivity index (χ0) is 18.7. The number of primary sulfonamides is 1. The molecule has 5 nitrogen and oxygen atoms in total. The Morgan fingerprint density at radius 1 is 0.923 bits per heavy atom. The van der Waals surface area contributed by atoms with Crippen molar-refractivity contribution in [2.45, 2.75) is 11.8 Å². The van der Waals surface area contributed by atoms with Gasteiger partial charge in [0.05, 0.1) is 4.90 Å². The number of anilines is 1. The number of nitrogens with one attached hydrogen (secondary N) is 1. The molecule has 0 spiro atoms. The van der Waals surface area contributed by atoms with Gasteiger partial charge in [-0.2, -0.15) is 0 Å². The molecule has 0 saturated heterocycles. The molecule has 0 bridgehead atoms. The summed E-state index contributed by atoms with van der Waals surface area (Å²) in [6, 6.07) is 21.0. The van der Waals surface area contributed by atoms with Gasteiger partial charge < -0.3 is 5.32 Å². The van der Waals surface area contributed by atoms with E-state index in [9.17, 15) is 13.2 Å². The van der Waals surface area contributed by atoms with Crippen molar-refractivity contribution >= 4 is 21.6 Å². The largest absolute Gasteiger partial charge is 0.322 e. The summed E-state index contributed by atoms with van der Waals surface area (Å²) in [4.78, 5) is 12.7. The fourth-order valence-electron chi connectivity index (χ4n) is 2.62. The molecule has 0 radical (unpaired) electrons. The van der Waals surface area contributed by atoms with Crippen LogP contribution < -0.4 is 10.5 Å². The molecule has 3 N–H and O–H groups in total. The van der Waals surface area contributed by atoms with Gasteiger partial charge in [0.15, 0.2) is 0 Å². The van der Waals surface area contributed by atoms with Crippen molar-refractivity contribution in [2.24, 2.45) is 5.14 Å². The molecule has 3 aromatic carbocycles. The van der Waals surface area contributed by atoms with E-state index >= 15 is 0 Å². The number of hydrogen-bond donors (Lipinski definition) is 2. The first-order valence-corrected chi connectivity index (χ1v) is 9.49. The van der Waals surface area contributed by atoms with Gasteiger partial charge in [-0.1, -0.05) is 54.1 Å². The van der Waals surface area contributed by atoms with Crippen LogP contribution in [0.5, 0.6) is 0 Å². The Labute approximate surface area is 152 Å². The van der Waals surface area contributed by atoms with Crippen LogP contribution in [0.2, 0.25) is 0 Å². The van der Waals surface area contributed by atoms with Crippen LogP contribution >= 0.6 is 0 Å². The van der Waals surface area contributed by atoms with Crippen molar-refractivity contribution in [1.29, 1.82) is 0 Å². The standard InChI is InChI=1S/C20H18N2O3S/c1-14-9-11-15(12-10-14)18-7-2-3-8-19(18)20(23)22-16-5-4-6-17(13-16)26(21,24)25/h2-13H,1H3,(H,22,23)(H2,21,24,25). The van der Waals surface area contributed by atoms with Crippen molar-refractivity contribution in [2.75, 3.05) is 5.32 Å². The van der Waals surface area contributed by atoms with E-state index in [-0.39, 0.29) is 10.8 Å². The van der Waals surface area contributed by atoms with E-state index in [0.717, 1.165) is 16.7 Å². The maximum absolute atomic E-state index is 12.7. The molecule has 0 unspecified atom stereocenters. The van der Waals surface area contributed by atoms with Gasteiger partial charge in [0.1, 0.15) is 0 Å². The minimum absolute atomic E-state index is 0.0536. The average Bonchev–Trinajstić information content (AvgIpc) is 2.62. The minimum Gasteiger partial charge on any atom is -0.322 e. The van der Waals surface area contributed by atoms with Crippen molar-refractivity contribution in [1.82, 2.24) is 0 Å². The average molecular weight is 366 g/mol. The molecule has 26 heavy (non-hydrogen) atoms. The minimum atomic E-state index is -3.83. The highest BCUT2D eigenvalue weighted by molar-refractivity contribution is 7.89. The molecule has 0 aliphatic heterocycles. The molecule has 132 valence electrons. The molecule has 0 aliphatic carbocycles. The lowest BCUT2D eigenvalue weighted by molar-refractivity contribution is 0.102. The maximum atomic E-state index is 12.7. The van der Waals surface area contributed by atoms with E-state index in [1.165, 1.54) is 18.2 Å². The summed E-state index contributed by atoms with van der Waals surface area (Å²) < 4.78 is 22.9. The molecule has 0 atom stereocenters. The van der Waals surface area contributed by atoms with E-state index < -0.39 is 10.0 Å². The summed E-state index contributed by atoms with van der Waals surface area (Å²) in [5, 5.41) is 7.87. The van der Waals surface area contributed by atoms with Gasteiger partial charge >= 0.3 is 0 Å². The number of carbonyl (C=O) groups is 1. The summed E-state index contributed by atoms with van der Waals surface area (Å²) in [6.07, 6.45) is 0. The topological polar surface area (TPSA) is 89.3 Å². The van der Waals surface area contributed by atoms with Crippen LogP contribution in [0.3, 0.4) is 0 Å². The monoisotopic (exact) mass is 366 g/mol. The molecule has 0 heterocycles. The quantitative estimate of drug-likeness (QED) is 0.740. The second kappa shape index (κ2) is 7.11. The second-order valence-electron chi connectivity index (χ2n) is 5.94. The van der Waals surface area contributed by atoms with Gasteiger partial charge in [-0.25, -0.2) is 13.6 Å². The molecule has 3 rings (SSSR count). The Morgan fingerprint density at radius 2 is 1.62 bits per heavy atom. The predicted molar refractivity (Wildman–Crippen MR) is 102 cm³/mol. The first-order valence-electron chi connectivity index (χ1n) is 7.95. The number of aryl methyl sites for hydroxylation is 1. The summed E-state index contributed by atoms with van der Waals surface area (Å²) >= 11 is 0. The lowest BCUT2D eigenvalue weighted by Crippen LogP contribution is -2.15. The fraction of sp³-hybridized carbons (Fsp3) is 0.0500. The first-order chi connectivity index (χ1) is 12.3. The highest BCUT2D eigenvalue weighted by Gasteiger charge is 2.14. The molecule has 0 saturated carbocycles. The number of benzene rings is 3. The van der Waals surface area contributed by atoms with Gasteiger partial charge in [-0.05, 0) is 42.3 Å². The van der Waals surface area contributed by atoms with Gasteiger partial charge in [0.2, 0.25) is 10.0 Å². The van der Waals surface area contributed by atoms with E-state index in [2.05, 4.69) is 5.32 Å². The molecule has 6 heteroatoms. The van der Waals surface area contributed by atoms with Crippen molar-refractivity contribution in [3.8, 4) is 11.1 Å². The SMILES string of the molecule is Cc1ccc(-c2ccccc2C(=O)Nc2cccc(S(N)(=O)=O)c2)cc1. The molecule has 1 amide bonds. The smallest absolute Gasteiger partial charge is 0.256 e. The van der Waals surface area contributed by atoms with Crippen molar-refractivity contribution < 1.29 is 13.2 Å². The predicted octanol–water partition coefficient (Wildman–Crippen LogP) is 3.56. The number of rotatable bonds is 4. The highest BCUT2D eigenvalue weighted by atomic mass is 32.2. The van der Waals surface area contributed by atoms with Crippen LogP contribution in [0.15, 0.2) is 77.7 Å². The van der Waals surface area contributed by atoms with Crippen LogP contribution in [0.25, 0.3) is 11.1 Å². The summed E-state index contributed by atoms with van der Waals surface area (Å²) in [6.45, 7) is 2.00. The van der Waals surface area contributed by atoms with Gasteiger partial charge in [-0.15, -0.1) is 0 Å².